The van der Waals surface area contributed by atoms with Crippen molar-refractivity contribution in [1.29, 1.82) is 0 Å². The van der Waals surface area contributed by atoms with Gasteiger partial charge in [0.25, 0.3) is 0 Å². The summed E-state index contributed by atoms with van der Waals surface area (Å²) < 4.78 is 0. The van der Waals surface area contributed by atoms with Crippen LogP contribution >= 0.6 is 22.7 Å². The number of aliphatic hydroxyl groups is 1. The number of piperidine rings is 1. The molecule has 0 spiro atoms. The molecule has 1 aliphatic rings. The second-order valence-corrected chi connectivity index (χ2v) is 7.30. The van der Waals surface area contributed by atoms with E-state index < -0.39 is 0 Å². The van der Waals surface area contributed by atoms with Crippen LogP contribution in [0.15, 0.2) is 22.9 Å². The predicted octanol–water partition coefficient (Wildman–Crippen LogP) is 2.51. The third-order valence-corrected chi connectivity index (χ3v) is 5.40. The summed E-state index contributed by atoms with van der Waals surface area (Å²) in [6.45, 7) is 2.28. The second kappa shape index (κ2) is 7.32. The van der Waals surface area contributed by atoms with Crippen molar-refractivity contribution in [2.24, 2.45) is 5.92 Å². The fourth-order valence-corrected chi connectivity index (χ4v) is 4.16. The summed E-state index contributed by atoms with van der Waals surface area (Å²) in [5.74, 6) is 0.262. The Bertz CT molecular complexity index is 612. The highest BCUT2D eigenvalue weighted by molar-refractivity contribution is 7.16. The standard InChI is InChI=1S/C15H19N3O2S2/c19-9-11-3-1-5-18(7-11)8-14(20)17-15-16-12(10-22-15)13-4-2-6-21-13/h2,4,6,10-11,19H,1,3,5,7-9H2,(H,16,17,20). The number of thiazole rings is 1. The number of amides is 1. The molecule has 1 fully saturated rings. The lowest BCUT2D eigenvalue weighted by Crippen LogP contribution is -2.41. The number of likely N-dealkylation sites (tertiary alicyclic amines) is 1. The number of hydrogen-bond acceptors (Lipinski definition) is 6. The number of carbonyl (C=O) groups is 1. The quantitative estimate of drug-likeness (QED) is 0.880. The van der Waals surface area contributed by atoms with E-state index >= 15 is 0 Å². The Labute approximate surface area is 137 Å². The number of carbonyl (C=O) groups excluding carboxylic acids is 1. The molecule has 0 aliphatic carbocycles. The van der Waals surface area contributed by atoms with Crippen LogP contribution in [0.5, 0.6) is 0 Å². The summed E-state index contributed by atoms with van der Waals surface area (Å²) in [6.07, 6.45) is 2.09. The topological polar surface area (TPSA) is 65.5 Å². The molecule has 1 aliphatic heterocycles. The van der Waals surface area contributed by atoms with E-state index in [1.807, 2.05) is 22.9 Å². The number of aliphatic hydroxyl groups excluding tert-OH is 1. The second-order valence-electron chi connectivity index (χ2n) is 5.49. The predicted molar refractivity (Wildman–Crippen MR) is 90.3 cm³/mol. The van der Waals surface area contributed by atoms with E-state index in [2.05, 4.69) is 15.2 Å². The molecule has 2 N–H and O–H groups in total. The van der Waals surface area contributed by atoms with Crippen molar-refractivity contribution in [3.8, 4) is 10.6 Å². The zero-order chi connectivity index (χ0) is 15.4. The largest absolute Gasteiger partial charge is 0.396 e. The van der Waals surface area contributed by atoms with Crippen LogP contribution < -0.4 is 5.32 Å². The van der Waals surface area contributed by atoms with Gasteiger partial charge in [-0.15, -0.1) is 22.7 Å². The van der Waals surface area contributed by atoms with Crippen molar-refractivity contribution in [2.45, 2.75) is 12.8 Å². The average Bonchev–Trinajstić information content (AvgIpc) is 3.18. The summed E-state index contributed by atoms with van der Waals surface area (Å²) in [5.41, 5.74) is 0.911. The highest BCUT2D eigenvalue weighted by Gasteiger charge is 2.21. The van der Waals surface area contributed by atoms with Crippen molar-refractivity contribution >= 4 is 33.7 Å². The van der Waals surface area contributed by atoms with Gasteiger partial charge in [0.1, 0.15) is 0 Å². The lowest BCUT2D eigenvalue weighted by Gasteiger charge is -2.30. The molecule has 5 nitrogen and oxygen atoms in total. The maximum atomic E-state index is 12.1. The SMILES string of the molecule is O=C(CN1CCCC(CO)C1)Nc1nc(-c2cccs2)cs1. The Morgan fingerprint density at radius 3 is 3.18 bits per heavy atom. The number of thiophene rings is 1. The van der Waals surface area contributed by atoms with E-state index in [1.165, 1.54) is 11.3 Å². The molecule has 22 heavy (non-hydrogen) atoms. The fourth-order valence-electron chi connectivity index (χ4n) is 2.67. The Hall–Kier alpha value is -1.28. The summed E-state index contributed by atoms with van der Waals surface area (Å²) in [7, 11) is 0. The van der Waals surface area contributed by atoms with E-state index in [0.717, 1.165) is 36.5 Å². The van der Waals surface area contributed by atoms with Crippen LogP contribution in [0, 0.1) is 5.92 Å². The first-order chi connectivity index (χ1) is 10.7. The molecule has 0 saturated carbocycles. The van der Waals surface area contributed by atoms with Gasteiger partial charge >= 0.3 is 0 Å². The van der Waals surface area contributed by atoms with Gasteiger partial charge in [-0.2, -0.15) is 0 Å². The lowest BCUT2D eigenvalue weighted by atomic mass is 9.99. The van der Waals surface area contributed by atoms with Gasteiger partial charge in [0.05, 0.1) is 17.1 Å². The molecule has 2 aromatic heterocycles. The zero-order valence-electron chi connectivity index (χ0n) is 12.2. The van der Waals surface area contributed by atoms with E-state index in [9.17, 15) is 9.90 Å². The Morgan fingerprint density at radius 1 is 1.50 bits per heavy atom. The van der Waals surface area contributed by atoms with Crippen molar-refractivity contribution in [1.82, 2.24) is 9.88 Å². The van der Waals surface area contributed by atoms with Gasteiger partial charge in [-0.3, -0.25) is 9.69 Å². The van der Waals surface area contributed by atoms with Gasteiger partial charge in [-0.1, -0.05) is 6.07 Å². The third-order valence-electron chi connectivity index (χ3n) is 3.75. The number of hydrogen-bond donors (Lipinski definition) is 2. The maximum Gasteiger partial charge on any atom is 0.240 e. The van der Waals surface area contributed by atoms with E-state index in [4.69, 9.17) is 0 Å². The highest BCUT2D eigenvalue weighted by Crippen LogP contribution is 2.28. The van der Waals surface area contributed by atoms with E-state index in [0.29, 0.717) is 17.6 Å². The molecule has 118 valence electrons. The Balaban J connectivity index is 1.53. The summed E-state index contributed by atoms with van der Waals surface area (Å²) >= 11 is 3.09. The smallest absolute Gasteiger partial charge is 0.240 e. The van der Waals surface area contributed by atoms with Crippen molar-refractivity contribution in [3.05, 3.63) is 22.9 Å². The minimum atomic E-state index is -0.0364. The molecular weight excluding hydrogens is 318 g/mol. The number of nitrogens with one attached hydrogen (secondary N) is 1. The maximum absolute atomic E-state index is 12.1. The van der Waals surface area contributed by atoms with Gasteiger partial charge in [-0.25, -0.2) is 4.98 Å². The molecule has 2 aromatic rings. The van der Waals surface area contributed by atoms with Crippen molar-refractivity contribution in [3.63, 3.8) is 0 Å². The number of nitrogens with zero attached hydrogens (tertiary/aromatic N) is 2. The summed E-state index contributed by atoms with van der Waals surface area (Å²) in [4.78, 5) is 19.8. The van der Waals surface area contributed by atoms with E-state index in [-0.39, 0.29) is 12.5 Å². The Morgan fingerprint density at radius 2 is 2.41 bits per heavy atom. The van der Waals surface area contributed by atoms with E-state index in [1.54, 1.807) is 11.3 Å². The van der Waals surface area contributed by atoms with Crippen LogP contribution in [0.4, 0.5) is 5.13 Å². The van der Waals surface area contributed by atoms with Crippen LogP contribution in [0.2, 0.25) is 0 Å². The first-order valence-electron chi connectivity index (χ1n) is 7.37. The van der Waals surface area contributed by atoms with Crippen LogP contribution in [-0.4, -0.2) is 47.1 Å². The van der Waals surface area contributed by atoms with Gasteiger partial charge in [0.2, 0.25) is 5.91 Å². The van der Waals surface area contributed by atoms with Crippen LogP contribution in [0.3, 0.4) is 0 Å². The summed E-state index contributed by atoms with van der Waals surface area (Å²) in [5, 5.41) is 16.7. The third kappa shape index (κ3) is 3.92. The lowest BCUT2D eigenvalue weighted by molar-refractivity contribution is -0.117. The monoisotopic (exact) mass is 337 g/mol. The van der Waals surface area contributed by atoms with Gasteiger partial charge in [0.15, 0.2) is 5.13 Å². The molecule has 1 saturated heterocycles. The van der Waals surface area contributed by atoms with Crippen LogP contribution in [0.1, 0.15) is 12.8 Å². The molecule has 1 amide bonds. The normalized spacial score (nSPS) is 19.2. The minimum Gasteiger partial charge on any atom is -0.396 e. The molecular formula is C15H19N3O2S2. The Kier molecular flexibility index (Phi) is 5.20. The summed E-state index contributed by atoms with van der Waals surface area (Å²) in [6, 6.07) is 4.01. The first-order valence-corrected chi connectivity index (χ1v) is 9.13. The molecule has 3 heterocycles. The average molecular weight is 337 g/mol. The molecule has 0 radical (unpaired) electrons. The van der Waals surface area contributed by atoms with Gasteiger partial charge < -0.3 is 10.4 Å². The molecule has 7 heteroatoms. The molecule has 0 bridgehead atoms. The first kappa shape index (κ1) is 15.6. The molecule has 3 rings (SSSR count). The van der Waals surface area contributed by atoms with Gasteiger partial charge in [-0.05, 0) is 36.8 Å². The molecule has 1 atom stereocenters. The van der Waals surface area contributed by atoms with Crippen LogP contribution in [0.25, 0.3) is 10.6 Å². The zero-order valence-corrected chi connectivity index (χ0v) is 13.8. The number of rotatable bonds is 5. The molecule has 1 unspecified atom stereocenters. The molecule has 0 aromatic carbocycles. The fraction of sp³-hybridized carbons (Fsp3) is 0.467. The van der Waals surface area contributed by atoms with Crippen LogP contribution in [-0.2, 0) is 4.79 Å². The van der Waals surface area contributed by atoms with Crippen molar-refractivity contribution in [2.75, 3.05) is 31.6 Å². The number of aromatic nitrogens is 1. The number of anilines is 1. The van der Waals surface area contributed by atoms with Crippen molar-refractivity contribution < 1.29 is 9.90 Å². The minimum absolute atomic E-state index is 0.0364. The highest BCUT2D eigenvalue weighted by atomic mass is 32.1. The van der Waals surface area contributed by atoms with Gasteiger partial charge in [0, 0.05) is 18.5 Å².